The summed E-state index contributed by atoms with van der Waals surface area (Å²) in [6, 6.07) is 5.47. The van der Waals surface area contributed by atoms with Crippen molar-refractivity contribution < 1.29 is 14.6 Å². The van der Waals surface area contributed by atoms with Gasteiger partial charge in [-0.2, -0.15) is 0 Å². The Morgan fingerprint density at radius 2 is 2.42 bits per heavy atom. The molecule has 0 radical (unpaired) electrons. The molecule has 1 aliphatic rings. The zero-order chi connectivity index (χ0) is 13.7. The molecule has 0 spiro atoms. The Kier molecular flexibility index (Phi) is 4.63. The number of nitrogens with one attached hydrogen (secondary N) is 2. The van der Waals surface area contributed by atoms with Gasteiger partial charge in [0, 0.05) is 13.1 Å². The smallest absolute Gasteiger partial charge is 0.255 e. The molecule has 0 fully saturated rings. The van der Waals surface area contributed by atoms with Crippen LogP contribution in [0.15, 0.2) is 18.2 Å². The third-order valence-electron chi connectivity index (χ3n) is 3.16. The number of rotatable bonds is 5. The zero-order valence-electron chi connectivity index (χ0n) is 11.1. The fraction of sp³-hybridized carbons (Fsp3) is 0.500. The minimum absolute atomic E-state index is 0.163. The minimum Gasteiger partial charge on any atom is -0.489 e. The van der Waals surface area contributed by atoms with Crippen LogP contribution < -0.4 is 15.4 Å². The van der Waals surface area contributed by atoms with Crippen molar-refractivity contribution in [1.29, 1.82) is 0 Å². The van der Waals surface area contributed by atoms with Crippen LogP contribution in [0.3, 0.4) is 0 Å². The molecule has 1 aromatic carbocycles. The zero-order valence-corrected chi connectivity index (χ0v) is 11.1. The molecule has 2 rings (SSSR count). The normalized spacial score (nSPS) is 14.8. The van der Waals surface area contributed by atoms with Crippen LogP contribution in [0.5, 0.6) is 5.75 Å². The lowest BCUT2D eigenvalue weighted by atomic mass is 10.1. The van der Waals surface area contributed by atoms with E-state index in [1.165, 1.54) is 0 Å². The number of hydrogen-bond donors (Lipinski definition) is 3. The van der Waals surface area contributed by atoms with E-state index in [0.717, 1.165) is 12.2 Å². The lowest BCUT2D eigenvalue weighted by Gasteiger charge is -2.21. The fourth-order valence-corrected chi connectivity index (χ4v) is 2.00. The summed E-state index contributed by atoms with van der Waals surface area (Å²) in [6.07, 6.45) is 0.905. The first-order valence-corrected chi connectivity index (χ1v) is 6.68. The van der Waals surface area contributed by atoms with Gasteiger partial charge in [0.1, 0.15) is 6.61 Å². The second kappa shape index (κ2) is 6.43. The molecule has 1 aromatic rings. The number of benzene rings is 1. The number of aliphatic hydroxyl groups is 1. The largest absolute Gasteiger partial charge is 0.489 e. The molecule has 1 unspecified atom stereocenters. The van der Waals surface area contributed by atoms with Crippen LogP contribution in [0, 0.1) is 0 Å². The molecule has 1 aliphatic heterocycles. The summed E-state index contributed by atoms with van der Waals surface area (Å²) >= 11 is 0. The highest BCUT2D eigenvalue weighted by molar-refractivity contribution is 5.98. The number of fused-ring (bicyclic) bond motifs is 1. The topological polar surface area (TPSA) is 70.6 Å². The van der Waals surface area contributed by atoms with E-state index in [1.807, 2.05) is 19.1 Å². The Labute approximate surface area is 113 Å². The molecular formula is C14H20N2O3. The quantitative estimate of drug-likeness (QED) is 0.751. The summed E-state index contributed by atoms with van der Waals surface area (Å²) in [6.45, 7) is 3.69. The van der Waals surface area contributed by atoms with Crippen molar-refractivity contribution in [2.24, 2.45) is 0 Å². The first kappa shape index (κ1) is 13.7. The summed E-state index contributed by atoms with van der Waals surface area (Å²) in [5.41, 5.74) is 1.39. The van der Waals surface area contributed by atoms with Crippen LogP contribution in [-0.4, -0.2) is 36.8 Å². The second-order valence-electron chi connectivity index (χ2n) is 4.56. The van der Waals surface area contributed by atoms with E-state index in [2.05, 4.69) is 10.6 Å². The third kappa shape index (κ3) is 3.38. The van der Waals surface area contributed by atoms with Crippen molar-refractivity contribution >= 4 is 11.6 Å². The van der Waals surface area contributed by atoms with Crippen molar-refractivity contribution in [3.8, 4) is 5.75 Å². The van der Waals surface area contributed by atoms with Crippen LogP contribution in [0.25, 0.3) is 0 Å². The van der Waals surface area contributed by atoms with Crippen molar-refractivity contribution in [1.82, 2.24) is 5.32 Å². The van der Waals surface area contributed by atoms with Gasteiger partial charge in [0.25, 0.3) is 5.91 Å². The maximum absolute atomic E-state index is 12.1. The van der Waals surface area contributed by atoms with Gasteiger partial charge in [0.15, 0.2) is 5.75 Å². The molecule has 1 amide bonds. The molecule has 0 saturated heterocycles. The maximum atomic E-state index is 12.1. The lowest BCUT2D eigenvalue weighted by molar-refractivity contribution is 0.0938. The second-order valence-corrected chi connectivity index (χ2v) is 4.56. The summed E-state index contributed by atoms with van der Waals surface area (Å²) < 4.78 is 5.55. The number of para-hydroxylation sites is 1. The van der Waals surface area contributed by atoms with Crippen LogP contribution in [0.1, 0.15) is 30.1 Å². The molecule has 5 heteroatoms. The SMILES string of the molecule is CCC(O)CCNC(=O)c1cccc2c1OCCN2. The van der Waals surface area contributed by atoms with Gasteiger partial charge in [-0.15, -0.1) is 0 Å². The summed E-state index contributed by atoms with van der Waals surface area (Å²) in [4.78, 5) is 12.1. The van der Waals surface area contributed by atoms with Gasteiger partial charge in [-0.25, -0.2) is 0 Å². The molecule has 0 saturated carbocycles. The number of carbonyl (C=O) groups is 1. The van der Waals surface area contributed by atoms with Crippen LogP contribution in [0.2, 0.25) is 0 Å². The van der Waals surface area contributed by atoms with E-state index in [-0.39, 0.29) is 12.0 Å². The molecule has 0 bridgehead atoms. The van der Waals surface area contributed by atoms with Crippen molar-refractivity contribution in [3.05, 3.63) is 23.8 Å². The molecule has 19 heavy (non-hydrogen) atoms. The predicted molar refractivity (Wildman–Crippen MR) is 73.7 cm³/mol. The Morgan fingerprint density at radius 3 is 3.21 bits per heavy atom. The van der Waals surface area contributed by atoms with E-state index in [9.17, 15) is 9.90 Å². The van der Waals surface area contributed by atoms with Crippen LogP contribution >= 0.6 is 0 Å². The highest BCUT2D eigenvalue weighted by Gasteiger charge is 2.18. The van der Waals surface area contributed by atoms with Crippen LogP contribution in [-0.2, 0) is 0 Å². The minimum atomic E-state index is -0.358. The Bertz CT molecular complexity index is 448. The third-order valence-corrected chi connectivity index (χ3v) is 3.16. The van der Waals surface area contributed by atoms with E-state index in [4.69, 9.17) is 4.74 Å². The fourth-order valence-electron chi connectivity index (χ4n) is 2.00. The van der Waals surface area contributed by atoms with Crippen molar-refractivity contribution in [2.45, 2.75) is 25.9 Å². The van der Waals surface area contributed by atoms with Crippen molar-refractivity contribution in [3.63, 3.8) is 0 Å². The van der Waals surface area contributed by atoms with Gasteiger partial charge >= 0.3 is 0 Å². The average molecular weight is 264 g/mol. The lowest BCUT2D eigenvalue weighted by Crippen LogP contribution is -2.28. The van der Waals surface area contributed by atoms with E-state index in [0.29, 0.717) is 37.3 Å². The summed E-state index contributed by atoms with van der Waals surface area (Å²) in [5.74, 6) is 0.450. The van der Waals surface area contributed by atoms with Gasteiger partial charge in [0.2, 0.25) is 0 Å². The number of hydrogen-bond acceptors (Lipinski definition) is 4. The molecule has 1 heterocycles. The molecule has 0 aliphatic carbocycles. The van der Waals surface area contributed by atoms with Gasteiger partial charge in [-0.1, -0.05) is 13.0 Å². The highest BCUT2D eigenvalue weighted by atomic mass is 16.5. The Hall–Kier alpha value is -1.75. The number of anilines is 1. The molecule has 1 atom stereocenters. The average Bonchev–Trinajstić information content (AvgIpc) is 2.46. The van der Waals surface area contributed by atoms with E-state index >= 15 is 0 Å². The number of amides is 1. The number of aliphatic hydroxyl groups excluding tert-OH is 1. The summed E-state index contributed by atoms with van der Waals surface area (Å²) in [5, 5.41) is 15.5. The van der Waals surface area contributed by atoms with E-state index in [1.54, 1.807) is 6.07 Å². The molecule has 5 nitrogen and oxygen atoms in total. The molecule has 0 aromatic heterocycles. The van der Waals surface area contributed by atoms with Crippen LogP contribution in [0.4, 0.5) is 5.69 Å². The predicted octanol–water partition coefficient (Wildman–Crippen LogP) is 1.38. The Morgan fingerprint density at radius 1 is 1.58 bits per heavy atom. The Balaban J connectivity index is 1.99. The molecular weight excluding hydrogens is 244 g/mol. The van der Waals surface area contributed by atoms with Gasteiger partial charge in [-0.05, 0) is 25.0 Å². The standard InChI is InChI=1S/C14H20N2O3/c1-2-10(17)6-7-16-14(18)11-4-3-5-12-13(11)19-9-8-15-12/h3-5,10,15,17H,2,6-9H2,1H3,(H,16,18). The van der Waals surface area contributed by atoms with Crippen molar-refractivity contribution in [2.75, 3.05) is 25.0 Å². The summed E-state index contributed by atoms with van der Waals surface area (Å²) in [7, 11) is 0. The first-order valence-electron chi connectivity index (χ1n) is 6.68. The van der Waals surface area contributed by atoms with Gasteiger partial charge in [0.05, 0.1) is 17.4 Å². The maximum Gasteiger partial charge on any atom is 0.255 e. The monoisotopic (exact) mass is 264 g/mol. The molecule has 3 N–H and O–H groups in total. The molecule has 104 valence electrons. The number of carbonyl (C=O) groups excluding carboxylic acids is 1. The van der Waals surface area contributed by atoms with E-state index < -0.39 is 0 Å². The first-order chi connectivity index (χ1) is 9.22. The highest BCUT2D eigenvalue weighted by Crippen LogP contribution is 2.30. The number of ether oxygens (including phenoxy) is 1. The van der Waals surface area contributed by atoms with Gasteiger partial charge in [-0.3, -0.25) is 4.79 Å². The van der Waals surface area contributed by atoms with Gasteiger partial charge < -0.3 is 20.5 Å².